The van der Waals surface area contributed by atoms with Crippen LogP contribution in [0.4, 0.5) is 5.69 Å². The van der Waals surface area contributed by atoms with Gasteiger partial charge in [-0.1, -0.05) is 13.8 Å². The summed E-state index contributed by atoms with van der Waals surface area (Å²) in [4.78, 5) is 21.0. The summed E-state index contributed by atoms with van der Waals surface area (Å²) < 4.78 is 5.41. The van der Waals surface area contributed by atoms with E-state index in [4.69, 9.17) is 10.5 Å². The van der Waals surface area contributed by atoms with E-state index in [2.05, 4.69) is 15.3 Å². The van der Waals surface area contributed by atoms with Crippen molar-refractivity contribution < 1.29 is 9.53 Å². The summed E-state index contributed by atoms with van der Waals surface area (Å²) in [6.07, 6.45) is 1.58. The fraction of sp³-hybridized carbons (Fsp3) is 0.353. The van der Waals surface area contributed by atoms with E-state index in [9.17, 15) is 4.79 Å². The van der Waals surface area contributed by atoms with Crippen LogP contribution >= 0.6 is 0 Å². The van der Waals surface area contributed by atoms with Crippen molar-refractivity contribution in [2.75, 3.05) is 18.5 Å². The zero-order valence-electron chi connectivity index (χ0n) is 13.7. The molecule has 23 heavy (non-hydrogen) atoms. The lowest BCUT2D eigenvalue weighted by atomic mass is 10.0. The van der Waals surface area contributed by atoms with Gasteiger partial charge in [-0.05, 0) is 37.1 Å². The minimum absolute atomic E-state index is 0.143. The van der Waals surface area contributed by atoms with E-state index in [0.29, 0.717) is 30.2 Å². The first-order chi connectivity index (χ1) is 11.0. The number of amides is 1. The number of rotatable bonds is 6. The number of benzene rings is 1. The van der Waals surface area contributed by atoms with Gasteiger partial charge in [-0.3, -0.25) is 4.79 Å². The van der Waals surface area contributed by atoms with Gasteiger partial charge in [0, 0.05) is 18.4 Å². The van der Waals surface area contributed by atoms with Crippen molar-refractivity contribution in [3.63, 3.8) is 0 Å². The van der Waals surface area contributed by atoms with Crippen LogP contribution in [-0.4, -0.2) is 29.0 Å². The van der Waals surface area contributed by atoms with Crippen molar-refractivity contribution in [3.8, 4) is 5.75 Å². The van der Waals surface area contributed by atoms with Crippen molar-refractivity contribution in [2.45, 2.75) is 26.7 Å². The first-order valence-corrected chi connectivity index (χ1v) is 7.59. The third-order valence-corrected chi connectivity index (χ3v) is 3.23. The minimum atomic E-state index is -0.218. The molecule has 0 bridgehead atoms. The first kappa shape index (κ1) is 16.9. The number of nitrogens with one attached hydrogen (secondary N) is 1. The summed E-state index contributed by atoms with van der Waals surface area (Å²) >= 11 is 0. The van der Waals surface area contributed by atoms with E-state index in [1.165, 1.54) is 0 Å². The maximum absolute atomic E-state index is 12.5. The zero-order chi connectivity index (χ0) is 16.8. The molecule has 2 aromatic rings. The Kier molecular flexibility index (Phi) is 5.65. The Hall–Kier alpha value is -2.47. The molecule has 122 valence electrons. The molecule has 0 saturated carbocycles. The second-order valence-electron chi connectivity index (χ2n) is 5.49. The number of nitrogens with two attached hydrogens (primary N) is 1. The maximum atomic E-state index is 12.5. The number of hydrogen-bond acceptors (Lipinski definition) is 5. The molecule has 2 rings (SSSR count). The van der Waals surface area contributed by atoms with Gasteiger partial charge in [0.25, 0.3) is 5.91 Å². The normalized spacial score (nSPS) is 10.7. The fourth-order valence-corrected chi connectivity index (χ4v) is 2.11. The van der Waals surface area contributed by atoms with E-state index in [-0.39, 0.29) is 11.8 Å². The Labute approximate surface area is 136 Å². The highest BCUT2D eigenvalue weighted by Crippen LogP contribution is 2.20. The summed E-state index contributed by atoms with van der Waals surface area (Å²) in [6, 6.07) is 7.15. The van der Waals surface area contributed by atoms with Crippen molar-refractivity contribution >= 4 is 11.6 Å². The summed E-state index contributed by atoms with van der Waals surface area (Å²) in [5.41, 5.74) is 7.32. The van der Waals surface area contributed by atoms with Crippen molar-refractivity contribution in [1.29, 1.82) is 0 Å². The lowest BCUT2D eigenvalue weighted by Gasteiger charge is -2.12. The van der Waals surface area contributed by atoms with E-state index in [1.54, 1.807) is 30.5 Å². The molecular formula is C17H22N4O2. The Morgan fingerprint density at radius 2 is 2.00 bits per heavy atom. The van der Waals surface area contributed by atoms with Crippen LogP contribution in [0.15, 0.2) is 30.5 Å². The summed E-state index contributed by atoms with van der Waals surface area (Å²) in [5, 5.41) is 2.86. The highest BCUT2D eigenvalue weighted by molar-refractivity contribution is 6.04. The largest absolute Gasteiger partial charge is 0.492 e. The van der Waals surface area contributed by atoms with Gasteiger partial charge in [-0.15, -0.1) is 0 Å². The van der Waals surface area contributed by atoms with Gasteiger partial charge in [0.05, 0.1) is 11.3 Å². The highest BCUT2D eigenvalue weighted by Gasteiger charge is 2.16. The number of carbonyl (C=O) groups is 1. The molecule has 3 N–H and O–H groups in total. The van der Waals surface area contributed by atoms with Gasteiger partial charge in [-0.2, -0.15) is 0 Å². The molecule has 6 nitrogen and oxygen atoms in total. The fourth-order valence-electron chi connectivity index (χ4n) is 2.11. The Morgan fingerprint density at radius 1 is 1.30 bits per heavy atom. The molecule has 0 radical (unpaired) electrons. The molecule has 1 amide bonds. The maximum Gasteiger partial charge on any atom is 0.259 e. The second kappa shape index (κ2) is 7.69. The van der Waals surface area contributed by atoms with Crippen LogP contribution in [0, 0.1) is 6.92 Å². The van der Waals surface area contributed by atoms with Crippen LogP contribution in [0.25, 0.3) is 0 Å². The number of carbonyl (C=O) groups excluding carboxylic acids is 1. The molecule has 1 aromatic heterocycles. The number of anilines is 1. The Morgan fingerprint density at radius 3 is 2.61 bits per heavy atom. The predicted molar refractivity (Wildman–Crippen MR) is 89.8 cm³/mol. The molecule has 0 aliphatic carbocycles. The Balaban J connectivity index is 2.13. The van der Waals surface area contributed by atoms with Crippen molar-refractivity contribution in [3.05, 3.63) is 47.5 Å². The molecule has 1 heterocycles. The van der Waals surface area contributed by atoms with Crippen LogP contribution < -0.4 is 15.8 Å². The SMILES string of the molecule is Cc1ncc(C(=O)Nc2ccc(OCCN)cc2)c(C(C)C)n1. The topological polar surface area (TPSA) is 90.1 Å². The molecule has 0 spiro atoms. The second-order valence-corrected chi connectivity index (χ2v) is 5.49. The van der Waals surface area contributed by atoms with E-state index < -0.39 is 0 Å². The summed E-state index contributed by atoms with van der Waals surface area (Å²) in [7, 11) is 0. The standard InChI is InChI=1S/C17H22N4O2/c1-11(2)16-15(10-19-12(3)20-16)17(22)21-13-4-6-14(7-5-13)23-9-8-18/h4-7,10-11H,8-9,18H2,1-3H3,(H,21,22). The lowest BCUT2D eigenvalue weighted by molar-refractivity contribution is 0.102. The monoisotopic (exact) mass is 314 g/mol. The molecular weight excluding hydrogens is 292 g/mol. The number of hydrogen-bond donors (Lipinski definition) is 2. The van der Waals surface area contributed by atoms with E-state index in [0.717, 1.165) is 11.4 Å². The number of aryl methyl sites for hydroxylation is 1. The van der Waals surface area contributed by atoms with Crippen molar-refractivity contribution in [1.82, 2.24) is 9.97 Å². The third-order valence-electron chi connectivity index (χ3n) is 3.23. The molecule has 0 saturated heterocycles. The quantitative estimate of drug-likeness (QED) is 0.855. The van der Waals surface area contributed by atoms with Gasteiger partial charge >= 0.3 is 0 Å². The zero-order valence-corrected chi connectivity index (χ0v) is 13.7. The molecule has 0 unspecified atom stereocenters. The molecule has 0 atom stereocenters. The van der Waals surface area contributed by atoms with E-state index >= 15 is 0 Å². The highest BCUT2D eigenvalue weighted by atomic mass is 16.5. The minimum Gasteiger partial charge on any atom is -0.492 e. The smallest absolute Gasteiger partial charge is 0.259 e. The molecule has 0 aliphatic heterocycles. The van der Waals surface area contributed by atoms with Crippen LogP contribution in [0.3, 0.4) is 0 Å². The summed E-state index contributed by atoms with van der Waals surface area (Å²) in [6.45, 7) is 6.74. The van der Waals surface area contributed by atoms with Crippen LogP contribution in [-0.2, 0) is 0 Å². The van der Waals surface area contributed by atoms with Gasteiger partial charge < -0.3 is 15.8 Å². The van der Waals surface area contributed by atoms with E-state index in [1.807, 2.05) is 20.8 Å². The van der Waals surface area contributed by atoms with Crippen LogP contribution in [0.5, 0.6) is 5.75 Å². The summed E-state index contributed by atoms with van der Waals surface area (Å²) in [5.74, 6) is 1.30. The predicted octanol–water partition coefficient (Wildman–Crippen LogP) is 2.50. The molecule has 0 aliphatic rings. The number of ether oxygens (including phenoxy) is 1. The third kappa shape index (κ3) is 4.50. The molecule has 0 fully saturated rings. The van der Waals surface area contributed by atoms with Gasteiger partial charge in [0.15, 0.2) is 0 Å². The van der Waals surface area contributed by atoms with Crippen LogP contribution in [0.2, 0.25) is 0 Å². The average molecular weight is 314 g/mol. The first-order valence-electron chi connectivity index (χ1n) is 7.59. The van der Waals surface area contributed by atoms with Gasteiger partial charge in [0.1, 0.15) is 18.2 Å². The van der Waals surface area contributed by atoms with Crippen molar-refractivity contribution in [2.24, 2.45) is 5.73 Å². The molecule has 1 aromatic carbocycles. The van der Waals surface area contributed by atoms with Gasteiger partial charge in [-0.25, -0.2) is 9.97 Å². The Bertz CT molecular complexity index is 669. The molecule has 6 heteroatoms. The average Bonchev–Trinajstić information content (AvgIpc) is 2.54. The lowest BCUT2D eigenvalue weighted by Crippen LogP contribution is -2.17. The van der Waals surface area contributed by atoms with Crippen LogP contribution in [0.1, 0.15) is 41.6 Å². The number of nitrogens with zero attached hydrogens (tertiary/aromatic N) is 2. The number of aromatic nitrogens is 2. The van der Waals surface area contributed by atoms with Gasteiger partial charge in [0.2, 0.25) is 0 Å².